The third-order valence-corrected chi connectivity index (χ3v) is 6.75. The summed E-state index contributed by atoms with van der Waals surface area (Å²) in [5.41, 5.74) is 3.91. The van der Waals surface area contributed by atoms with Crippen molar-refractivity contribution in [2.45, 2.75) is 0 Å². The highest BCUT2D eigenvalue weighted by Crippen LogP contribution is 2.33. The maximum absolute atomic E-state index is 13.5. The van der Waals surface area contributed by atoms with Crippen molar-refractivity contribution in [3.05, 3.63) is 72.8 Å². The summed E-state index contributed by atoms with van der Waals surface area (Å²) >= 11 is 0. The van der Waals surface area contributed by atoms with Crippen molar-refractivity contribution < 1.29 is 18.7 Å². The molecule has 3 heterocycles. The van der Waals surface area contributed by atoms with E-state index in [2.05, 4.69) is 38.3 Å². The van der Waals surface area contributed by atoms with E-state index in [0.717, 1.165) is 72.8 Å². The third-order valence-electron chi connectivity index (χ3n) is 6.75. The first-order chi connectivity index (χ1) is 17.8. The first kappa shape index (κ1) is 22.6. The van der Waals surface area contributed by atoms with E-state index in [9.17, 15) is 4.79 Å². The van der Waals surface area contributed by atoms with E-state index in [0.29, 0.717) is 19.0 Å². The highest BCUT2D eigenvalue weighted by atomic mass is 16.5. The van der Waals surface area contributed by atoms with Crippen LogP contribution in [-0.2, 0) is 9.47 Å². The van der Waals surface area contributed by atoms with Crippen LogP contribution in [-0.4, -0.2) is 63.5 Å². The minimum atomic E-state index is -0.305. The number of morpholine rings is 2. The minimum Gasteiger partial charge on any atom is -0.443 e. The second-order valence-electron chi connectivity index (χ2n) is 8.95. The van der Waals surface area contributed by atoms with Crippen molar-refractivity contribution in [3.8, 4) is 11.3 Å². The van der Waals surface area contributed by atoms with E-state index in [1.54, 1.807) is 0 Å². The zero-order chi connectivity index (χ0) is 24.3. The fraction of sp³-hybridized carbons (Fsp3) is 0.286. The number of oxazole rings is 1. The number of aromatic nitrogens is 1. The zero-order valence-corrected chi connectivity index (χ0v) is 20.0. The van der Waals surface area contributed by atoms with Gasteiger partial charge in [0, 0.05) is 37.4 Å². The van der Waals surface area contributed by atoms with Gasteiger partial charge >= 0.3 is 0 Å². The van der Waals surface area contributed by atoms with Crippen LogP contribution in [0.4, 0.5) is 17.1 Å². The molecule has 0 aliphatic carbocycles. The van der Waals surface area contributed by atoms with Gasteiger partial charge in [-0.05, 0) is 35.0 Å². The van der Waals surface area contributed by atoms with Crippen LogP contribution in [0.5, 0.6) is 0 Å². The number of hydrogen-bond acceptors (Lipinski definition) is 7. The van der Waals surface area contributed by atoms with Gasteiger partial charge in [-0.25, -0.2) is 4.98 Å². The Kier molecular flexibility index (Phi) is 6.27. The molecule has 0 atom stereocenters. The van der Waals surface area contributed by atoms with Gasteiger partial charge in [0.25, 0.3) is 5.91 Å². The Labute approximate surface area is 209 Å². The summed E-state index contributed by atoms with van der Waals surface area (Å²) in [6.07, 6.45) is 1.32. The summed E-state index contributed by atoms with van der Waals surface area (Å²) in [5, 5.41) is 5.30. The lowest BCUT2D eigenvalue weighted by atomic mass is 10.0. The maximum Gasteiger partial charge on any atom is 0.278 e. The molecule has 3 aromatic carbocycles. The average Bonchev–Trinajstić information content (AvgIpc) is 3.44. The molecule has 8 nitrogen and oxygen atoms in total. The number of nitrogens with zero attached hydrogens (tertiary/aromatic N) is 3. The number of nitrogens with one attached hydrogen (secondary N) is 1. The zero-order valence-electron chi connectivity index (χ0n) is 20.0. The molecular weight excluding hydrogens is 456 g/mol. The molecule has 0 bridgehead atoms. The summed E-state index contributed by atoms with van der Waals surface area (Å²) in [7, 11) is 0. The number of benzene rings is 3. The highest BCUT2D eigenvalue weighted by molar-refractivity contribution is 6.08. The Morgan fingerprint density at radius 1 is 0.806 bits per heavy atom. The monoisotopic (exact) mass is 484 g/mol. The van der Waals surface area contributed by atoms with Crippen LogP contribution >= 0.6 is 0 Å². The fourth-order valence-electron chi connectivity index (χ4n) is 4.83. The second-order valence-corrected chi connectivity index (χ2v) is 8.95. The number of rotatable bonds is 5. The Balaban J connectivity index is 1.30. The molecular formula is C28H28N4O4. The van der Waals surface area contributed by atoms with Crippen molar-refractivity contribution in [1.82, 2.24) is 4.98 Å². The van der Waals surface area contributed by atoms with Gasteiger partial charge in [0.2, 0.25) is 0 Å². The Morgan fingerprint density at radius 3 is 2.31 bits per heavy atom. The van der Waals surface area contributed by atoms with E-state index in [1.807, 2.05) is 42.5 Å². The van der Waals surface area contributed by atoms with Gasteiger partial charge in [-0.3, -0.25) is 4.79 Å². The number of carbonyl (C=O) groups is 1. The molecule has 0 saturated carbocycles. The van der Waals surface area contributed by atoms with Crippen LogP contribution in [0.3, 0.4) is 0 Å². The molecule has 8 heteroatoms. The summed E-state index contributed by atoms with van der Waals surface area (Å²) < 4.78 is 16.8. The molecule has 4 aromatic rings. The number of amides is 1. The van der Waals surface area contributed by atoms with Gasteiger partial charge in [0.15, 0.2) is 17.8 Å². The number of fused-ring (bicyclic) bond motifs is 1. The lowest BCUT2D eigenvalue weighted by molar-refractivity contribution is 0.102. The normalized spacial score (nSPS) is 16.3. The SMILES string of the molecule is O=C(Nc1ccc(N2CCOCC2)cc1N1CCOCC1)c1ncoc1-c1ccc2ccccc2c1. The van der Waals surface area contributed by atoms with Crippen LogP contribution in [0.25, 0.3) is 22.1 Å². The number of ether oxygens (including phenoxy) is 2. The Morgan fingerprint density at radius 2 is 1.53 bits per heavy atom. The van der Waals surface area contributed by atoms with E-state index in [1.165, 1.54) is 6.39 Å². The minimum absolute atomic E-state index is 0.260. The van der Waals surface area contributed by atoms with Gasteiger partial charge in [0.05, 0.1) is 37.8 Å². The molecule has 36 heavy (non-hydrogen) atoms. The fourth-order valence-corrected chi connectivity index (χ4v) is 4.83. The highest BCUT2D eigenvalue weighted by Gasteiger charge is 2.23. The van der Waals surface area contributed by atoms with Crippen molar-refractivity contribution in [3.63, 3.8) is 0 Å². The van der Waals surface area contributed by atoms with Crippen molar-refractivity contribution >= 4 is 33.7 Å². The molecule has 0 spiro atoms. The van der Waals surface area contributed by atoms with Gasteiger partial charge in [0.1, 0.15) is 0 Å². The standard InChI is InChI=1S/C28H28N4O4/c33-28(26-27(36-19-29-26)22-6-5-20-3-1-2-4-21(20)17-22)30-24-8-7-23(31-9-13-34-14-10-31)18-25(24)32-11-15-35-16-12-32/h1-8,17-19H,9-16H2,(H,30,33). The predicted octanol–water partition coefficient (Wildman–Crippen LogP) is 4.42. The number of anilines is 3. The smallest absolute Gasteiger partial charge is 0.278 e. The lowest BCUT2D eigenvalue weighted by Gasteiger charge is -2.33. The molecule has 2 saturated heterocycles. The van der Waals surface area contributed by atoms with E-state index >= 15 is 0 Å². The van der Waals surface area contributed by atoms with Crippen LogP contribution in [0, 0.1) is 0 Å². The second kappa shape index (κ2) is 10.0. The van der Waals surface area contributed by atoms with Gasteiger partial charge < -0.3 is 29.0 Å². The van der Waals surface area contributed by atoms with Crippen LogP contribution in [0.2, 0.25) is 0 Å². The maximum atomic E-state index is 13.5. The molecule has 1 aromatic heterocycles. The number of hydrogen-bond donors (Lipinski definition) is 1. The first-order valence-electron chi connectivity index (χ1n) is 12.3. The summed E-state index contributed by atoms with van der Waals surface area (Å²) in [4.78, 5) is 22.3. The van der Waals surface area contributed by atoms with Crippen LogP contribution in [0.1, 0.15) is 10.5 Å². The largest absolute Gasteiger partial charge is 0.443 e. The summed E-state index contributed by atoms with van der Waals surface area (Å²) in [6, 6.07) is 20.3. The third kappa shape index (κ3) is 4.53. The average molecular weight is 485 g/mol. The van der Waals surface area contributed by atoms with Crippen molar-refractivity contribution in [2.75, 3.05) is 67.7 Å². The van der Waals surface area contributed by atoms with E-state index in [4.69, 9.17) is 13.9 Å². The molecule has 6 rings (SSSR count). The quantitative estimate of drug-likeness (QED) is 0.449. The lowest BCUT2D eigenvalue weighted by Crippen LogP contribution is -2.38. The summed E-state index contributed by atoms with van der Waals surface area (Å²) in [6.45, 7) is 5.98. The van der Waals surface area contributed by atoms with Crippen molar-refractivity contribution in [1.29, 1.82) is 0 Å². The molecule has 0 radical (unpaired) electrons. The Bertz CT molecular complexity index is 1370. The van der Waals surface area contributed by atoms with Crippen LogP contribution in [0.15, 0.2) is 71.5 Å². The van der Waals surface area contributed by atoms with E-state index < -0.39 is 0 Å². The first-order valence-corrected chi connectivity index (χ1v) is 12.3. The molecule has 1 N–H and O–H groups in total. The molecule has 2 aliphatic rings. The molecule has 2 aliphatic heterocycles. The van der Waals surface area contributed by atoms with Gasteiger partial charge in [-0.1, -0.05) is 36.4 Å². The topological polar surface area (TPSA) is 80.1 Å². The van der Waals surface area contributed by atoms with Gasteiger partial charge in [-0.2, -0.15) is 0 Å². The number of carbonyl (C=O) groups excluding carboxylic acids is 1. The molecule has 2 fully saturated rings. The van der Waals surface area contributed by atoms with Gasteiger partial charge in [-0.15, -0.1) is 0 Å². The predicted molar refractivity (Wildman–Crippen MR) is 140 cm³/mol. The van der Waals surface area contributed by atoms with Crippen molar-refractivity contribution in [2.24, 2.45) is 0 Å². The molecule has 184 valence electrons. The summed E-state index contributed by atoms with van der Waals surface area (Å²) in [5.74, 6) is 0.150. The molecule has 0 unspecified atom stereocenters. The van der Waals surface area contributed by atoms with Crippen LogP contribution < -0.4 is 15.1 Å². The van der Waals surface area contributed by atoms with E-state index in [-0.39, 0.29) is 11.6 Å². The molecule has 1 amide bonds. The Hall–Kier alpha value is -3.88.